The summed E-state index contributed by atoms with van der Waals surface area (Å²) >= 11 is 5.95. The summed E-state index contributed by atoms with van der Waals surface area (Å²) < 4.78 is 48.7. The van der Waals surface area contributed by atoms with Crippen LogP contribution in [0.4, 0.5) is 19.0 Å². The zero-order chi connectivity index (χ0) is 18.2. The first-order valence-electron chi connectivity index (χ1n) is 6.95. The Morgan fingerprint density at radius 1 is 1.20 bits per heavy atom. The number of aromatic nitrogens is 1. The van der Waals surface area contributed by atoms with Crippen LogP contribution in [0.15, 0.2) is 45.3 Å². The van der Waals surface area contributed by atoms with Crippen LogP contribution in [0.3, 0.4) is 0 Å². The lowest BCUT2D eigenvalue weighted by Gasteiger charge is -2.09. The number of nitrogens with one attached hydrogen (secondary N) is 1. The van der Waals surface area contributed by atoms with E-state index >= 15 is 0 Å². The Morgan fingerprint density at radius 3 is 2.60 bits per heavy atom. The number of amides is 1. The molecule has 0 aliphatic carbocycles. The number of halogens is 4. The Morgan fingerprint density at radius 2 is 1.96 bits per heavy atom. The monoisotopic (exact) mass is 370 g/mol. The number of furan rings is 1. The van der Waals surface area contributed by atoms with E-state index in [0.717, 1.165) is 18.2 Å². The van der Waals surface area contributed by atoms with Crippen LogP contribution in [0.2, 0.25) is 5.02 Å². The van der Waals surface area contributed by atoms with Crippen molar-refractivity contribution in [1.29, 1.82) is 0 Å². The molecule has 3 rings (SSSR count). The van der Waals surface area contributed by atoms with Gasteiger partial charge in [-0.15, -0.1) is 0 Å². The van der Waals surface area contributed by atoms with Crippen molar-refractivity contribution in [3.8, 4) is 11.3 Å². The summed E-state index contributed by atoms with van der Waals surface area (Å²) in [5.74, 6) is 0.00750. The van der Waals surface area contributed by atoms with Crippen molar-refractivity contribution in [3.63, 3.8) is 0 Å². The molecule has 9 heteroatoms. The van der Waals surface area contributed by atoms with Gasteiger partial charge in [0, 0.05) is 11.6 Å². The van der Waals surface area contributed by atoms with Gasteiger partial charge in [0.1, 0.15) is 11.5 Å². The van der Waals surface area contributed by atoms with Crippen LogP contribution >= 0.6 is 11.6 Å². The number of hydrogen-bond donors (Lipinski definition) is 1. The van der Waals surface area contributed by atoms with Gasteiger partial charge < -0.3 is 14.3 Å². The highest BCUT2D eigenvalue weighted by Gasteiger charge is 2.31. The third-order valence-corrected chi connectivity index (χ3v) is 3.59. The molecule has 1 N–H and O–H groups in total. The zero-order valence-corrected chi connectivity index (χ0v) is 13.4. The van der Waals surface area contributed by atoms with E-state index in [1.54, 1.807) is 6.92 Å². The summed E-state index contributed by atoms with van der Waals surface area (Å²) in [5, 5.41) is 6.12. The molecule has 5 nitrogen and oxygen atoms in total. The predicted molar refractivity (Wildman–Crippen MR) is 83.3 cm³/mol. The molecule has 25 heavy (non-hydrogen) atoms. The lowest BCUT2D eigenvalue weighted by molar-refractivity contribution is -0.137. The first-order valence-corrected chi connectivity index (χ1v) is 7.33. The molecular formula is C16H10ClF3N2O3. The summed E-state index contributed by atoms with van der Waals surface area (Å²) in [7, 11) is 0. The number of hydrogen-bond acceptors (Lipinski definition) is 4. The maximum absolute atomic E-state index is 12.8. The molecule has 3 aromatic rings. The van der Waals surface area contributed by atoms with Crippen molar-refractivity contribution < 1.29 is 26.9 Å². The fourth-order valence-corrected chi connectivity index (χ4v) is 2.31. The van der Waals surface area contributed by atoms with Crippen LogP contribution < -0.4 is 5.32 Å². The van der Waals surface area contributed by atoms with Gasteiger partial charge in [-0.2, -0.15) is 13.2 Å². The Balaban J connectivity index is 1.87. The molecule has 0 atom stereocenters. The van der Waals surface area contributed by atoms with E-state index in [2.05, 4.69) is 10.5 Å². The summed E-state index contributed by atoms with van der Waals surface area (Å²) in [6, 6.07) is 7.06. The van der Waals surface area contributed by atoms with Crippen molar-refractivity contribution in [2.24, 2.45) is 0 Å². The number of carbonyl (C=O) groups is 1. The number of anilines is 1. The van der Waals surface area contributed by atoms with Gasteiger partial charge >= 0.3 is 6.18 Å². The van der Waals surface area contributed by atoms with Crippen molar-refractivity contribution >= 4 is 23.3 Å². The molecule has 2 heterocycles. The number of rotatable bonds is 3. The van der Waals surface area contributed by atoms with Crippen LogP contribution in [-0.2, 0) is 6.18 Å². The average Bonchev–Trinajstić information content (AvgIpc) is 3.16. The molecule has 130 valence electrons. The van der Waals surface area contributed by atoms with E-state index in [9.17, 15) is 18.0 Å². The second-order valence-corrected chi connectivity index (χ2v) is 5.54. The molecule has 1 aromatic carbocycles. The topological polar surface area (TPSA) is 68.3 Å². The van der Waals surface area contributed by atoms with Gasteiger partial charge in [0.25, 0.3) is 5.91 Å². The number of carbonyl (C=O) groups excluding carboxylic acids is 1. The van der Waals surface area contributed by atoms with Crippen molar-refractivity contribution in [1.82, 2.24) is 5.16 Å². The first-order chi connectivity index (χ1) is 11.7. The SMILES string of the molecule is Cc1cc(NC(=O)c2ccc(-c3cc(C(F)(F)F)ccc3Cl)o2)no1. The normalized spacial score (nSPS) is 11.6. The molecule has 0 spiro atoms. The molecular weight excluding hydrogens is 361 g/mol. The fourth-order valence-electron chi connectivity index (χ4n) is 2.10. The molecule has 2 aromatic heterocycles. The molecule has 0 bridgehead atoms. The Kier molecular flexibility index (Phi) is 4.30. The molecule has 0 aliphatic heterocycles. The fraction of sp³-hybridized carbons (Fsp3) is 0.125. The highest BCUT2D eigenvalue weighted by atomic mass is 35.5. The smallest absolute Gasteiger partial charge is 0.416 e. The third kappa shape index (κ3) is 3.69. The number of alkyl halides is 3. The maximum Gasteiger partial charge on any atom is 0.416 e. The molecule has 1 amide bonds. The van der Waals surface area contributed by atoms with Crippen LogP contribution in [0.5, 0.6) is 0 Å². The van der Waals surface area contributed by atoms with Crippen LogP contribution in [0, 0.1) is 6.92 Å². The van der Waals surface area contributed by atoms with Gasteiger partial charge in [0.15, 0.2) is 11.6 Å². The first kappa shape index (κ1) is 17.1. The molecule has 0 unspecified atom stereocenters. The molecule has 0 saturated heterocycles. The zero-order valence-electron chi connectivity index (χ0n) is 12.6. The Hall–Kier alpha value is -2.74. The summed E-state index contributed by atoms with van der Waals surface area (Å²) in [6.45, 7) is 1.66. The highest BCUT2D eigenvalue weighted by Crippen LogP contribution is 2.36. The molecule has 0 aliphatic rings. The lowest BCUT2D eigenvalue weighted by atomic mass is 10.1. The van der Waals surface area contributed by atoms with Crippen LogP contribution in [0.1, 0.15) is 21.9 Å². The Bertz CT molecular complexity index is 931. The van der Waals surface area contributed by atoms with Gasteiger partial charge in [-0.3, -0.25) is 4.79 Å². The minimum Gasteiger partial charge on any atom is -0.451 e. The summed E-state index contributed by atoms with van der Waals surface area (Å²) in [4.78, 5) is 12.1. The van der Waals surface area contributed by atoms with Gasteiger partial charge in [-0.1, -0.05) is 16.8 Å². The molecule has 0 saturated carbocycles. The number of aryl methyl sites for hydroxylation is 1. The number of nitrogens with zero attached hydrogens (tertiary/aromatic N) is 1. The quantitative estimate of drug-likeness (QED) is 0.690. The van der Waals surface area contributed by atoms with E-state index in [-0.39, 0.29) is 27.9 Å². The van der Waals surface area contributed by atoms with Gasteiger partial charge in [0.2, 0.25) is 0 Å². The average molecular weight is 371 g/mol. The predicted octanol–water partition coefficient (Wildman–Crippen LogP) is 5.17. The van der Waals surface area contributed by atoms with E-state index < -0.39 is 17.6 Å². The summed E-state index contributed by atoms with van der Waals surface area (Å²) in [5.41, 5.74) is -0.833. The summed E-state index contributed by atoms with van der Waals surface area (Å²) in [6.07, 6.45) is -4.52. The third-order valence-electron chi connectivity index (χ3n) is 3.26. The Labute approximate surface area is 144 Å². The number of benzene rings is 1. The highest BCUT2D eigenvalue weighted by molar-refractivity contribution is 6.33. The second kappa shape index (κ2) is 6.29. The van der Waals surface area contributed by atoms with Crippen molar-refractivity contribution in [2.75, 3.05) is 5.32 Å². The standard InChI is InChI=1S/C16H10ClF3N2O3/c1-8-6-14(22-25-8)21-15(23)13-5-4-12(24-13)10-7-9(16(18,19)20)2-3-11(10)17/h2-7H,1H3,(H,21,22,23). The van der Waals surface area contributed by atoms with Crippen molar-refractivity contribution in [2.45, 2.75) is 13.1 Å². The van der Waals surface area contributed by atoms with Gasteiger partial charge in [0.05, 0.1) is 10.6 Å². The minimum atomic E-state index is -4.52. The minimum absolute atomic E-state index is 0.0350. The van der Waals surface area contributed by atoms with E-state index in [0.29, 0.717) is 5.76 Å². The lowest BCUT2D eigenvalue weighted by Crippen LogP contribution is -2.10. The molecule has 0 fully saturated rings. The molecule has 0 radical (unpaired) electrons. The van der Waals surface area contributed by atoms with E-state index in [1.165, 1.54) is 18.2 Å². The largest absolute Gasteiger partial charge is 0.451 e. The van der Waals surface area contributed by atoms with Crippen LogP contribution in [-0.4, -0.2) is 11.1 Å². The maximum atomic E-state index is 12.8. The second-order valence-electron chi connectivity index (χ2n) is 5.13. The van der Waals surface area contributed by atoms with E-state index in [1.807, 2.05) is 0 Å². The van der Waals surface area contributed by atoms with E-state index in [4.69, 9.17) is 20.5 Å². The van der Waals surface area contributed by atoms with Gasteiger partial charge in [-0.05, 0) is 37.3 Å². The van der Waals surface area contributed by atoms with Crippen molar-refractivity contribution in [3.05, 3.63) is 58.5 Å². The van der Waals surface area contributed by atoms with Gasteiger partial charge in [-0.25, -0.2) is 0 Å². The van der Waals surface area contributed by atoms with Crippen LogP contribution in [0.25, 0.3) is 11.3 Å².